The highest BCUT2D eigenvalue weighted by Crippen LogP contribution is 2.24. The van der Waals surface area contributed by atoms with E-state index >= 15 is 0 Å². The van der Waals surface area contributed by atoms with E-state index in [-0.39, 0.29) is 11.7 Å². The summed E-state index contributed by atoms with van der Waals surface area (Å²) in [6.07, 6.45) is 3.47. The Labute approximate surface area is 182 Å². The van der Waals surface area contributed by atoms with E-state index in [0.717, 1.165) is 34.4 Å². The van der Waals surface area contributed by atoms with Crippen molar-refractivity contribution in [3.8, 4) is 11.3 Å². The summed E-state index contributed by atoms with van der Waals surface area (Å²) in [5.74, 6) is -0.0599. The van der Waals surface area contributed by atoms with E-state index < -0.39 is 5.63 Å². The maximum atomic E-state index is 12.4. The second kappa shape index (κ2) is 8.73. The molecular weight excluding hydrogens is 414 g/mol. The lowest BCUT2D eigenvalue weighted by molar-refractivity contribution is -0.113. The highest BCUT2D eigenvalue weighted by molar-refractivity contribution is 7.99. The van der Waals surface area contributed by atoms with Gasteiger partial charge in [0.1, 0.15) is 5.58 Å². The fourth-order valence-corrected chi connectivity index (χ4v) is 3.94. The molecule has 158 valence electrons. The van der Waals surface area contributed by atoms with Gasteiger partial charge in [0, 0.05) is 47.2 Å². The minimum absolute atomic E-state index is 0.145. The lowest BCUT2D eigenvalue weighted by atomic mass is 10.1. The molecule has 0 radical (unpaired) electrons. The Morgan fingerprint density at radius 2 is 2.06 bits per heavy atom. The van der Waals surface area contributed by atoms with E-state index in [4.69, 9.17) is 4.42 Å². The van der Waals surface area contributed by atoms with E-state index in [0.29, 0.717) is 16.4 Å². The number of amides is 1. The van der Waals surface area contributed by atoms with Gasteiger partial charge in [0.15, 0.2) is 5.16 Å². The predicted molar refractivity (Wildman–Crippen MR) is 120 cm³/mol. The van der Waals surface area contributed by atoms with Crippen molar-refractivity contribution in [3.05, 3.63) is 64.4 Å². The summed E-state index contributed by atoms with van der Waals surface area (Å²) in [5.41, 5.74) is 4.17. The van der Waals surface area contributed by atoms with E-state index in [2.05, 4.69) is 20.4 Å². The summed E-state index contributed by atoms with van der Waals surface area (Å²) < 4.78 is 7.14. The molecule has 1 amide bonds. The summed E-state index contributed by atoms with van der Waals surface area (Å²) in [6.45, 7) is 6.67. The molecule has 1 N–H and O–H groups in total. The number of fused-ring (bicyclic) bond motifs is 1. The van der Waals surface area contributed by atoms with Gasteiger partial charge in [0.25, 0.3) is 0 Å². The first-order valence-corrected chi connectivity index (χ1v) is 10.8. The Morgan fingerprint density at radius 1 is 1.23 bits per heavy atom. The van der Waals surface area contributed by atoms with Crippen molar-refractivity contribution in [2.75, 3.05) is 11.1 Å². The molecule has 0 aliphatic heterocycles. The van der Waals surface area contributed by atoms with Gasteiger partial charge in [0.2, 0.25) is 5.91 Å². The Kier molecular flexibility index (Phi) is 5.85. The fourth-order valence-electron chi connectivity index (χ4n) is 3.31. The molecule has 31 heavy (non-hydrogen) atoms. The maximum absolute atomic E-state index is 12.4. The van der Waals surface area contributed by atoms with Crippen LogP contribution in [0.2, 0.25) is 0 Å². The molecule has 4 aromatic rings. The largest absolute Gasteiger partial charge is 0.423 e. The molecule has 0 aliphatic rings. The number of nitrogens with one attached hydrogen (secondary N) is 1. The molecule has 0 saturated carbocycles. The van der Waals surface area contributed by atoms with Crippen molar-refractivity contribution in [2.24, 2.45) is 0 Å². The Balaban J connectivity index is 1.44. The number of anilines is 1. The van der Waals surface area contributed by atoms with Crippen LogP contribution in [0.4, 0.5) is 5.69 Å². The van der Waals surface area contributed by atoms with Crippen LogP contribution in [0.25, 0.3) is 22.2 Å². The van der Waals surface area contributed by atoms with Gasteiger partial charge in [-0.3, -0.25) is 9.48 Å². The number of nitrogens with zero attached hydrogens (tertiary/aromatic N) is 4. The average Bonchev–Trinajstić information content (AvgIpc) is 3.12. The second-order valence-corrected chi connectivity index (χ2v) is 7.92. The number of carbonyl (C=O) groups excluding carboxylic acids is 1. The molecule has 1 aromatic carbocycles. The molecule has 9 heteroatoms. The van der Waals surface area contributed by atoms with Gasteiger partial charge in [-0.1, -0.05) is 11.8 Å². The van der Waals surface area contributed by atoms with E-state index in [9.17, 15) is 9.59 Å². The molecule has 0 saturated heterocycles. The summed E-state index contributed by atoms with van der Waals surface area (Å²) in [4.78, 5) is 32.8. The average molecular weight is 436 g/mol. The van der Waals surface area contributed by atoms with E-state index in [1.807, 2.05) is 37.6 Å². The zero-order chi connectivity index (χ0) is 22.0. The van der Waals surface area contributed by atoms with Gasteiger partial charge in [-0.25, -0.2) is 14.8 Å². The third-order valence-electron chi connectivity index (χ3n) is 4.88. The van der Waals surface area contributed by atoms with E-state index in [1.165, 1.54) is 17.8 Å². The van der Waals surface area contributed by atoms with Crippen LogP contribution in [0.1, 0.15) is 18.2 Å². The third kappa shape index (κ3) is 4.51. The van der Waals surface area contributed by atoms with Gasteiger partial charge in [0.05, 0.1) is 17.6 Å². The van der Waals surface area contributed by atoms with Gasteiger partial charge < -0.3 is 9.73 Å². The summed E-state index contributed by atoms with van der Waals surface area (Å²) in [5, 5.41) is 8.51. The second-order valence-electron chi connectivity index (χ2n) is 6.98. The fraction of sp³-hybridized carbons (Fsp3) is 0.227. The zero-order valence-electron chi connectivity index (χ0n) is 17.4. The molecule has 0 unspecified atom stereocenters. The molecule has 0 aliphatic carbocycles. The van der Waals surface area contributed by atoms with Crippen LogP contribution in [0, 0.1) is 13.8 Å². The minimum atomic E-state index is -0.416. The van der Waals surface area contributed by atoms with Crippen LogP contribution >= 0.6 is 11.8 Å². The number of aromatic nitrogens is 4. The maximum Gasteiger partial charge on any atom is 0.336 e. The van der Waals surface area contributed by atoms with E-state index in [1.54, 1.807) is 24.5 Å². The highest BCUT2D eigenvalue weighted by atomic mass is 32.2. The Morgan fingerprint density at radius 3 is 2.84 bits per heavy atom. The molecule has 0 fully saturated rings. The predicted octanol–water partition coefficient (Wildman–Crippen LogP) is 3.81. The summed E-state index contributed by atoms with van der Waals surface area (Å²) in [7, 11) is 0. The van der Waals surface area contributed by atoms with Gasteiger partial charge in [-0.05, 0) is 44.5 Å². The lowest BCUT2D eigenvalue weighted by Crippen LogP contribution is -2.14. The number of aryl methyl sites for hydroxylation is 2. The molecule has 0 atom stereocenters. The number of hydrogen-bond acceptors (Lipinski definition) is 7. The number of rotatable bonds is 6. The smallest absolute Gasteiger partial charge is 0.336 e. The number of hydrogen-bond donors (Lipinski definition) is 1. The molecular formula is C22H21N5O3S. The Bertz CT molecular complexity index is 1330. The molecule has 0 bridgehead atoms. The Hall–Kier alpha value is -3.46. The highest BCUT2D eigenvalue weighted by Gasteiger charge is 2.12. The molecule has 3 aromatic heterocycles. The first-order chi connectivity index (χ1) is 14.9. The van der Waals surface area contributed by atoms with Crippen molar-refractivity contribution in [1.82, 2.24) is 19.7 Å². The minimum Gasteiger partial charge on any atom is -0.423 e. The van der Waals surface area contributed by atoms with Crippen molar-refractivity contribution < 1.29 is 9.21 Å². The number of carbonyl (C=O) groups is 1. The monoisotopic (exact) mass is 435 g/mol. The standard InChI is InChI=1S/C22H21N5O3S/c1-4-27-14(3)17(11-24-27)18-7-8-23-22(26-18)31-12-20(28)25-15-5-6-16-13(2)9-21(29)30-19(16)10-15/h5-11H,4,12H2,1-3H3,(H,25,28). The van der Waals surface area contributed by atoms with Crippen molar-refractivity contribution >= 4 is 34.3 Å². The summed E-state index contributed by atoms with van der Waals surface area (Å²) in [6, 6.07) is 8.53. The summed E-state index contributed by atoms with van der Waals surface area (Å²) >= 11 is 1.25. The van der Waals surface area contributed by atoms with Crippen LogP contribution < -0.4 is 10.9 Å². The number of thioether (sulfide) groups is 1. The van der Waals surface area contributed by atoms with Crippen LogP contribution in [0.5, 0.6) is 0 Å². The van der Waals surface area contributed by atoms with Crippen molar-refractivity contribution in [2.45, 2.75) is 32.5 Å². The molecule has 8 nitrogen and oxygen atoms in total. The van der Waals surface area contributed by atoms with Crippen LogP contribution in [-0.4, -0.2) is 31.4 Å². The van der Waals surface area contributed by atoms with Crippen LogP contribution in [0.15, 0.2) is 57.1 Å². The van der Waals surface area contributed by atoms with Crippen LogP contribution in [0.3, 0.4) is 0 Å². The van der Waals surface area contributed by atoms with Gasteiger partial charge in [-0.15, -0.1) is 0 Å². The molecule has 3 heterocycles. The molecule has 0 spiro atoms. The zero-order valence-corrected chi connectivity index (χ0v) is 18.2. The molecule has 4 rings (SSSR count). The SMILES string of the molecule is CCn1ncc(-c2ccnc(SCC(=O)Nc3ccc4c(C)cc(=O)oc4c3)n2)c1C. The third-order valence-corrected chi connectivity index (χ3v) is 5.74. The van der Waals surface area contributed by atoms with Crippen molar-refractivity contribution in [1.29, 1.82) is 0 Å². The first kappa shape index (κ1) is 20.8. The topological polar surface area (TPSA) is 103 Å². The van der Waals surface area contributed by atoms with Crippen LogP contribution in [-0.2, 0) is 11.3 Å². The van der Waals surface area contributed by atoms with Gasteiger partial charge >= 0.3 is 5.63 Å². The normalized spacial score (nSPS) is 11.1. The number of benzene rings is 1. The van der Waals surface area contributed by atoms with Gasteiger partial charge in [-0.2, -0.15) is 5.10 Å². The van der Waals surface area contributed by atoms with Crippen molar-refractivity contribution in [3.63, 3.8) is 0 Å². The first-order valence-electron chi connectivity index (χ1n) is 9.77. The quantitative estimate of drug-likeness (QED) is 0.279. The lowest BCUT2D eigenvalue weighted by Gasteiger charge is -2.07.